The zero-order chi connectivity index (χ0) is 40.0. The molecule has 4 aliphatic carbocycles. The molecule has 2 heterocycles. The molecular formula is C49H78O6Si. The number of terminal acetylenes is 1. The average molecular weight is 791 g/mol. The molecule has 6 aliphatic rings. The van der Waals surface area contributed by atoms with E-state index >= 15 is 0 Å². The molecule has 0 unspecified atom stereocenters. The monoisotopic (exact) mass is 791 g/mol. The summed E-state index contributed by atoms with van der Waals surface area (Å²) in [5.41, 5.74) is 1.90. The van der Waals surface area contributed by atoms with Crippen LogP contribution in [0.4, 0.5) is 0 Å². The Morgan fingerprint density at radius 2 is 1.62 bits per heavy atom. The van der Waals surface area contributed by atoms with Gasteiger partial charge < -0.3 is 28.1 Å². The Labute approximate surface area is 342 Å². The lowest BCUT2D eigenvalue weighted by atomic mass is 9.44. The Morgan fingerprint density at radius 1 is 0.893 bits per heavy atom. The number of benzene rings is 1. The molecule has 6 fully saturated rings. The van der Waals surface area contributed by atoms with E-state index < -0.39 is 33.1 Å². The summed E-state index contributed by atoms with van der Waals surface area (Å²) >= 11 is 0. The van der Waals surface area contributed by atoms with Crippen molar-refractivity contribution in [2.45, 2.75) is 194 Å². The van der Waals surface area contributed by atoms with E-state index in [1.807, 2.05) is 30.3 Å². The first-order valence-corrected chi connectivity index (χ1v) is 25.8. The van der Waals surface area contributed by atoms with Crippen molar-refractivity contribution in [2.75, 3.05) is 13.2 Å². The molecule has 1 aromatic carbocycles. The van der Waals surface area contributed by atoms with Crippen molar-refractivity contribution in [3.05, 3.63) is 35.9 Å². The molecule has 0 amide bonds. The predicted molar refractivity (Wildman–Crippen MR) is 227 cm³/mol. The second-order valence-electron chi connectivity index (χ2n) is 21.8. The topological polar surface area (TPSA) is 55.4 Å². The summed E-state index contributed by atoms with van der Waals surface area (Å²) in [7, 11) is -2.28. The zero-order valence-corrected chi connectivity index (χ0v) is 37.9. The molecule has 7 heteroatoms. The summed E-state index contributed by atoms with van der Waals surface area (Å²) in [5.74, 6) is 8.61. The van der Waals surface area contributed by atoms with Gasteiger partial charge in [-0.2, -0.15) is 0 Å². The third-order valence-electron chi connectivity index (χ3n) is 17.1. The largest absolute Gasteiger partial charge is 0.408 e. The van der Waals surface area contributed by atoms with Crippen LogP contribution in [0.3, 0.4) is 0 Å². The summed E-state index contributed by atoms with van der Waals surface area (Å²) in [6, 6.07) is 10.2. The van der Waals surface area contributed by atoms with Gasteiger partial charge in [0.1, 0.15) is 31.0 Å². The normalized spacial score (nSPS) is 41.9. The van der Waals surface area contributed by atoms with Gasteiger partial charge in [0.2, 0.25) is 0 Å². The molecule has 0 spiro atoms. The summed E-state index contributed by atoms with van der Waals surface area (Å²) in [4.78, 5) is 0. The molecule has 1 aromatic rings. The van der Waals surface area contributed by atoms with Crippen LogP contribution < -0.4 is 0 Å². The highest BCUT2D eigenvalue weighted by atomic mass is 28.4. The fourth-order valence-corrected chi connectivity index (χ4v) is 14.3. The van der Waals surface area contributed by atoms with Crippen molar-refractivity contribution >= 4 is 8.32 Å². The minimum atomic E-state index is -2.28. The summed E-state index contributed by atoms with van der Waals surface area (Å²) in [5, 5.41) is -0.00778. The van der Waals surface area contributed by atoms with Gasteiger partial charge in [0, 0.05) is 5.56 Å². The standard InChI is InChI=1S/C49H78O6Si/c1-12-29-50-44-43(55-56(10,11)47(5,6)7)42-41(31-51-45(54-42)34-19-14-13-15-20-34)53-46(44)52-36-25-27-48(8)35(30-36)21-22-37-39-24-23-38(33(4)18-16-17-32(2)3)49(39,9)28-26-40(37)48/h1,13-15,19-20,32-33,35-46H,16-18,21-31H2,2-11H3/t33-,35+,36+,37+,38-,39+,40+,41-,42-,43+,44+,45-,46-,48+,49-/m1/s1. The first-order chi connectivity index (χ1) is 26.6. The van der Waals surface area contributed by atoms with Gasteiger partial charge >= 0.3 is 0 Å². The van der Waals surface area contributed by atoms with E-state index in [2.05, 4.69) is 74.4 Å². The molecule has 0 radical (unpaired) electrons. The summed E-state index contributed by atoms with van der Waals surface area (Å²) in [6.45, 7) is 24.7. The molecule has 4 saturated carbocycles. The predicted octanol–water partition coefficient (Wildman–Crippen LogP) is 11.7. The number of rotatable bonds is 12. The van der Waals surface area contributed by atoms with E-state index in [9.17, 15) is 0 Å². The van der Waals surface area contributed by atoms with Crippen molar-refractivity contribution < 1.29 is 28.1 Å². The second-order valence-corrected chi connectivity index (χ2v) is 26.5. The lowest BCUT2D eigenvalue weighted by Gasteiger charge is -2.61. The van der Waals surface area contributed by atoms with Crippen LogP contribution in [0.5, 0.6) is 0 Å². The maximum Gasteiger partial charge on any atom is 0.192 e. The fourth-order valence-electron chi connectivity index (χ4n) is 13.0. The Kier molecular flexibility index (Phi) is 13.0. The van der Waals surface area contributed by atoms with E-state index in [1.54, 1.807) is 0 Å². The van der Waals surface area contributed by atoms with Gasteiger partial charge in [-0.25, -0.2) is 0 Å². The Bertz CT molecular complexity index is 1490. The Morgan fingerprint density at radius 3 is 2.34 bits per heavy atom. The molecule has 0 bridgehead atoms. The van der Waals surface area contributed by atoms with Crippen LogP contribution in [0.25, 0.3) is 0 Å². The van der Waals surface area contributed by atoms with E-state index in [0.717, 1.165) is 53.9 Å². The van der Waals surface area contributed by atoms with Crippen molar-refractivity contribution in [2.24, 2.45) is 52.3 Å². The molecule has 2 saturated heterocycles. The minimum absolute atomic E-state index is 0.00778. The molecule has 0 N–H and O–H groups in total. The molecule has 2 aliphatic heterocycles. The highest BCUT2D eigenvalue weighted by Crippen LogP contribution is 2.68. The van der Waals surface area contributed by atoms with Gasteiger partial charge in [-0.1, -0.05) is 111 Å². The molecule has 6 nitrogen and oxygen atoms in total. The Balaban J connectivity index is 1.05. The first kappa shape index (κ1) is 42.9. The molecule has 15 atom stereocenters. The number of fused-ring (bicyclic) bond motifs is 6. The molecule has 314 valence electrons. The Hall–Kier alpha value is -1.24. The van der Waals surface area contributed by atoms with Crippen LogP contribution in [0.1, 0.15) is 144 Å². The van der Waals surface area contributed by atoms with Crippen molar-refractivity contribution in [3.63, 3.8) is 0 Å². The van der Waals surface area contributed by atoms with Gasteiger partial charge in [-0.15, -0.1) is 6.42 Å². The van der Waals surface area contributed by atoms with Crippen molar-refractivity contribution in [3.8, 4) is 12.3 Å². The van der Waals surface area contributed by atoms with Crippen LogP contribution in [0.2, 0.25) is 18.1 Å². The van der Waals surface area contributed by atoms with E-state index in [0.29, 0.717) is 23.4 Å². The number of ether oxygens (including phenoxy) is 5. The lowest BCUT2D eigenvalue weighted by Crippen LogP contribution is -2.66. The van der Waals surface area contributed by atoms with Crippen LogP contribution in [0.15, 0.2) is 30.3 Å². The van der Waals surface area contributed by atoms with E-state index in [1.165, 1.54) is 64.2 Å². The second kappa shape index (κ2) is 17.0. The molecular weight excluding hydrogens is 713 g/mol. The van der Waals surface area contributed by atoms with Gasteiger partial charge in [-0.05, 0) is 128 Å². The van der Waals surface area contributed by atoms with Crippen LogP contribution in [-0.4, -0.2) is 58.3 Å². The fraction of sp³-hybridized carbons (Fsp3) is 0.837. The quantitative estimate of drug-likeness (QED) is 0.119. The van der Waals surface area contributed by atoms with E-state index in [4.69, 9.17) is 34.5 Å². The SMILES string of the molecule is C#CCO[C@@H]1[C@H](O[C@H]2CC[C@@]3(C)[C@@H](CC[C@@H]4[C@@H]3CC[C@]3(C)[C@@H]([C@H](C)CCCC(C)C)CC[C@@H]43)C2)O[C@@H]2CO[C@@H](c3ccccc3)O[C@H]2[C@@H]1O[Si](C)(C)C(C)(C)C. The van der Waals surface area contributed by atoms with Gasteiger partial charge in [0.25, 0.3) is 0 Å². The smallest absolute Gasteiger partial charge is 0.192 e. The average Bonchev–Trinajstić information content (AvgIpc) is 3.51. The minimum Gasteiger partial charge on any atom is -0.408 e. The highest BCUT2D eigenvalue weighted by Gasteiger charge is 2.61. The molecule has 7 rings (SSSR count). The van der Waals surface area contributed by atoms with Gasteiger partial charge in [-0.3, -0.25) is 0 Å². The van der Waals surface area contributed by atoms with Crippen molar-refractivity contribution in [1.82, 2.24) is 0 Å². The summed E-state index contributed by atoms with van der Waals surface area (Å²) in [6.07, 6.45) is 19.2. The van der Waals surface area contributed by atoms with Gasteiger partial charge in [0.05, 0.1) is 12.7 Å². The lowest BCUT2D eigenvalue weighted by molar-refractivity contribution is -0.369. The van der Waals surface area contributed by atoms with Crippen LogP contribution in [-0.2, 0) is 28.1 Å². The van der Waals surface area contributed by atoms with Crippen LogP contribution in [0, 0.1) is 64.6 Å². The van der Waals surface area contributed by atoms with Crippen molar-refractivity contribution in [1.29, 1.82) is 0 Å². The zero-order valence-electron chi connectivity index (χ0n) is 36.9. The maximum atomic E-state index is 7.29. The van der Waals surface area contributed by atoms with Gasteiger partial charge in [0.15, 0.2) is 20.9 Å². The third kappa shape index (κ3) is 8.39. The third-order valence-corrected chi connectivity index (χ3v) is 21.6. The van der Waals surface area contributed by atoms with Crippen LogP contribution >= 0.6 is 0 Å². The maximum absolute atomic E-state index is 7.29. The molecule has 56 heavy (non-hydrogen) atoms. The molecule has 0 aromatic heterocycles. The number of hydrogen-bond donors (Lipinski definition) is 0. The number of hydrogen-bond acceptors (Lipinski definition) is 6. The highest BCUT2D eigenvalue weighted by molar-refractivity contribution is 6.74. The summed E-state index contributed by atoms with van der Waals surface area (Å²) < 4.78 is 40.9. The first-order valence-electron chi connectivity index (χ1n) is 22.9. The van der Waals surface area contributed by atoms with E-state index in [-0.39, 0.29) is 30.0 Å².